The van der Waals surface area contributed by atoms with E-state index in [2.05, 4.69) is 33.9 Å². The molecule has 0 N–H and O–H groups in total. The lowest BCUT2D eigenvalue weighted by Gasteiger charge is -2.37. The first-order valence-electron chi connectivity index (χ1n) is 6.94. The highest BCUT2D eigenvalue weighted by atomic mass is 28.4. The fourth-order valence-electron chi connectivity index (χ4n) is 1.86. The molecule has 0 saturated heterocycles. The Balaban J connectivity index is 2.59. The number of ketones is 1. The van der Waals surface area contributed by atoms with Gasteiger partial charge in [0.05, 0.1) is 0 Å². The lowest BCUT2D eigenvalue weighted by Crippen LogP contribution is -2.41. The largest absolute Gasteiger partial charge is 0.417 e. The van der Waals surface area contributed by atoms with Crippen LogP contribution in [0.5, 0.6) is 0 Å². The van der Waals surface area contributed by atoms with Crippen molar-refractivity contribution in [1.29, 1.82) is 0 Å². The highest BCUT2D eigenvalue weighted by Gasteiger charge is 2.38. The Bertz CT molecular complexity index is 379. The minimum absolute atomic E-state index is 0.114. The summed E-state index contributed by atoms with van der Waals surface area (Å²) in [7, 11) is -1.76. The van der Waals surface area contributed by atoms with Crippen molar-refractivity contribution in [2.24, 2.45) is 5.41 Å². The summed E-state index contributed by atoms with van der Waals surface area (Å²) < 4.78 is 6.11. The number of rotatable bonds is 5. The second kappa shape index (κ2) is 5.71. The number of aldehydes is 1. The number of hydrogen-bond acceptors (Lipinski definition) is 3. The van der Waals surface area contributed by atoms with Gasteiger partial charge < -0.3 is 9.22 Å². The maximum atomic E-state index is 11.3. The van der Waals surface area contributed by atoms with Crippen molar-refractivity contribution < 1.29 is 14.0 Å². The van der Waals surface area contributed by atoms with Gasteiger partial charge in [-0.3, -0.25) is 4.79 Å². The molecule has 3 nitrogen and oxygen atoms in total. The average molecular weight is 282 g/mol. The summed E-state index contributed by atoms with van der Waals surface area (Å²) in [5.74, 6) is 0.114. The third-order valence-corrected chi connectivity index (χ3v) is 9.05. The normalized spacial score (nSPS) is 24.6. The standard InChI is InChI=1S/C15H26O3Si/c1-14(2,3)19(4,5)18-11-10-15(12-16)8-6-13(17)7-9-15/h6,8,12H,7,9-11H2,1-5H3/t15-/m1/s1. The summed E-state index contributed by atoms with van der Waals surface area (Å²) in [6.07, 6.45) is 6.05. The van der Waals surface area contributed by atoms with E-state index in [1.807, 2.05) is 0 Å². The topological polar surface area (TPSA) is 43.4 Å². The molecule has 0 saturated carbocycles. The fourth-order valence-corrected chi connectivity index (χ4v) is 2.91. The molecule has 108 valence electrons. The van der Waals surface area contributed by atoms with E-state index in [1.165, 1.54) is 0 Å². The Morgan fingerprint density at radius 1 is 1.42 bits per heavy atom. The molecule has 0 aliphatic heterocycles. The molecule has 0 radical (unpaired) electrons. The quantitative estimate of drug-likeness (QED) is 0.572. The number of carbonyl (C=O) groups is 2. The van der Waals surface area contributed by atoms with Crippen LogP contribution < -0.4 is 0 Å². The predicted octanol–water partition coefficient (Wildman–Crippen LogP) is 3.50. The number of carbonyl (C=O) groups excluding carboxylic acids is 2. The monoisotopic (exact) mass is 282 g/mol. The van der Waals surface area contributed by atoms with Gasteiger partial charge in [0.25, 0.3) is 0 Å². The molecule has 0 spiro atoms. The molecule has 0 aromatic carbocycles. The van der Waals surface area contributed by atoms with Crippen LogP contribution in [-0.4, -0.2) is 27.0 Å². The Labute approximate surface area is 117 Å². The molecular weight excluding hydrogens is 256 g/mol. The van der Waals surface area contributed by atoms with Crippen molar-refractivity contribution in [2.75, 3.05) is 6.61 Å². The van der Waals surface area contributed by atoms with Gasteiger partial charge in [0.1, 0.15) is 6.29 Å². The molecule has 1 aliphatic carbocycles. The zero-order chi connectivity index (χ0) is 14.7. The summed E-state index contributed by atoms with van der Waals surface area (Å²) in [4.78, 5) is 22.5. The van der Waals surface area contributed by atoms with Crippen molar-refractivity contribution in [2.45, 2.75) is 58.2 Å². The predicted molar refractivity (Wildman–Crippen MR) is 79.6 cm³/mol. The molecule has 0 amide bonds. The van der Waals surface area contributed by atoms with Crippen molar-refractivity contribution in [3.63, 3.8) is 0 Å². The SMILES string of the molecule is CC(C)(C)[Si](C)(C)OCC[C@@]1(C=O)C=CC(=O)CC1. The first-order chi connectivity index (χ1) is 8.62. The molecule has 0 unspecified atom stereocenters. The second-order valence-corrected chi connectivity index (χ2v) is 11.8. The highest BCUT2D eigenvalue weighted by molar-refractivity contribution is 6.74. The van der Waals surface area contributed by atoms with Gasteiger partial charge in [0, 0.05) is 18.4 Å². The number of hydrogen-bond donors (Lipinski definition) is 0. The van der Waals surface area contributed by atoms with Crippen molar-refractivity contribution in [3.8, 4) is 0 Å². The average Bonchev–Trinajstić information content (AvgIpc) is 2.30. The molecule has 0 fully saturated rings. The Hall–Kier alpha value is -0.743. The van der Waals surface area contributed by atoms with Crippen molar-refractivity contribution in [3.05, 3.63) is 12.2 Å². The highest BCUT2D eigenvalue weighted by Crippen LogP contribution is 2.38. The van der Waals surface area contributed by atoms with Crippen LogP contribution in [0, 0.1) is 5.41 Å². The van der Waals surface area contributed by atoms with Gasteiger partial charge in [-0.25, -0.2) is 0 Å². The summed E-state index contributed by atoms with van der Waals surface area (Å²) in [6, 6.07) is 0. The molecule has 1 aliphatic rings. The van der Waals surface area contributed by atoms with E-state index in [1.54, 1.807) is 12.2 Å². The van der Waals surface area contributed by atoms with Crippen LogP contribution in [-0.2, 0) is 14.0 Å². The van der Waals surface area contributed by atoms with Crippen LogP contribution >= 0.6 is 0 Å². The summed E-state index contributed by atoms with van der Waals surface area (Å²) in [6.45, 7) is 11.6. The van der Waals surface area contributed by atoms with Crippen LogP contribution in [0.4, 0.5) is 0 Å². The smallest absolute Gasteiger partial charge is 0.191 e. The molecule has 1 atom stereocenters. The van der Waals surface area contributed by atoms with Crippen molar-refractivity contribution >= 4 is 20.4 Å². The van der Waals surface area contributed by atoms with Gasteiger partial charge in [-0.2, -0.15) is 0 Å². The van der Waals surface area contributed by atoms with Gasteiger partial charge in [0.15, 0.2) is 14.1 Å². The second-order valence-electron chi connectivity index (χ2n) is 7.01. The maximum Gasteiger partial charge on any atom is 0.191 e. The fraction of sp³-hybridized carbons (Fsp3) is 0.733. The molecule has 1 rings (SSSR count). The van der Waals surface area contributed by atoms with E-state index in [9.17, 15) is 9.59 Å². The molecule has 0 aromatic heterocycles. The first kappa shape index (κ1) is 16.3. The summed E-state index contributed by atoms with van der Waals surface area (Å²) in [5, 5.41) is 0.180. The van der Waals surface area contributed by atoms with Crippen LogP contribution in [0.15, 0.2) is 12.2 Å². The van der Waals surface area contributed by atoms with Crippen LogP contribution in [0.25, 0.3) is 0 Å². The Morgan fingerprint density at radius 2 is 2.05 bits per heavy atom. The zero-order valence-corrected chi connectivity index (χ0v) is 13.8. The van der Waals surface area contributed by atoms with E-state index < -0.39 is 13.7 Å². The van der Waals surface area contributed by atoms with E-state index >= 15 is 0 Å². The molecule has 0 heterocycles. The van der Waals surface area contributed by atoms with Crippen LogP contribution in [0.3, 0.4) is 0 Å². The molecule has 4 heteroatoms. The van der Waals surface area contributed by atoms with Gasteiger partial charge in [-0.1, -0.05) is 26.8 Å². The Morgan fingerprint density at radius 3 is 2.47 bits per heavy atom. The minimum atomic E-state index is -1.76. The van der Waals surface area contributed by atoms with Gasteiger partial charge in [-0.15, -0.1) is 0 Å². The van der Waals surface area contributed by atoms with Crippen LogP contribution in [0.1, 0.15) is 40.0 Å². The first-order valence-corrected chi connectivity index (χ1v) is 9.85. The molecular formula is C15H26O3Si. The van der Waals surface area contributed by atoms with E-state index in [4.69, 9.17) is 4.43 Å². The molecule has 19 heavy (non-hydrogen) atoms. The lowest BCUT2D eigenvalue weighted by atomic mass is 9.77. The van der Waals surface area contributed by atoms with Crippen LogP contribution in [0.2, 0.25) is 18.1 Å². The van der Waals surface area contributed by atoms with E-state index in [0.29, 0.717) is 25.9 Å². The van der Waals surface area contributed by atoms with E-state index in [0.717, 1.165) is 6.29 Å². The van der Waals surface area contributed by atoms with Gasteiger partial charge >= 0.3 is 0 Å². The summed E-state index contributed by atoms with van der Waals surface area (Å²) in [5.41, 5.74) is -0.490. The van der Waals surface area contributed by atoms with Gasteiger partial charge in [0.2, 0.25) is 0 Å². The lowest BCUT2D eigenvalue weighted by molar-refractivity contribution is -0.118. The Kier molecular flexibility index (Phi) is 4.90. The summed E-state index contributed by atoms with van der Waals surface area (Å²) >= 11 is 0. The molecule has 0 aromatic rings. The third-order valence-electron chi connectivity index (χ3n) is 4.51. The number of allylic oxidation sites excluding steroid dienone is 2. The molecule has 0 bridgehead atoms. The maximum absolute atomic E-state index is 11.3. The third kappa shape index (κ3) is 4.11. The minimum Gasteiger partial charge on any atom is -0.417 e. The van der Waals surface area contributed by atoms with Crippen molar-refractivity contribution in [1.82, 2.24) is 0 Å². The van der Waals surface area contributed by atoms with E-state index in [-0.39, 0.29) is 10.8 Å². The zero-order valence-electron chi connectivity index (χ0n) is 12.8. The van der Waals surface area contributed by atoms with Gasteiger partial charge in [-0.05, 0) is 37.0 Å².